The fourth-order valence-corrected chi connectivity index (χ4v) is 2.97. The average Bonchev–Trinajstić information content (AvgIpc) is 3.11. The van der Waals surface area contributed by atoms with Crippen molar-refractivity contribution in [2.75, 3.05) is 31.6 Å². The summed E-state index contributed by atoms with van der Waals surface area (Å²) in [5.74, 6) is -1.17. The number of carbonyl (C=O) groups is 3. The van der Waals surface area contributed by atoms with Crippen molar-refractivity contribution >= 4 is 29.3 Å². The summed E-state index contributed by atoms with van der Waals surface area (Å²) in [5, 5.41) is 16.6. The van der Waals surface area contributed by atoms with Crippen LogP contribution in [0.25, 0.3) is 0 Å². The van der Waals surface area contributed by atoms with Crippen LogP contribution < -0.4 is 15.5 Å². The normalized spacial score (nSPS) is 16.0. The highest BCUT2D eigenvalue weighted by Gasteiger charge is 2.30. The van der Waals surface area contributed by atoms with Crippen LogP contribution in [-0.4, -0.2) is 61.3 Å². The fraction of sp³-hybridized carbons (Fsp3) is 0.526. The van der Waals surface area contributed by atoms with Crippen LogP contribution in [0.15, 0.2) is 18.2 Å². The van der Waals surface area contributed by atoms with Crippen LogP contribution >= 0.6 is 0 Å². The summed E-state index contributed by atoms with van der Waals surface area (Å²) >= 11 is 0. The molecule has 11 nitrogen and oxygen atoms in total. The number of rotatable bonds is 6. The minimum Gasteiger partial charge on any atom is -0.468 e. The van der Waals surface area contributed by atoms with E-state index in [4.69, 9.17) is 4.74 Å². The lowest BCUT2D eigenvalue weighted by molar-refractivity contribution is -0.384. The lowest BCUT2D eigenvalue weighted by Gasteiger charge is -2.22. The van der Waals surface area contributed by atoms with Crippen molar-refractivity contribution in [3.05, 3.63) is 33.9 Å². The van der Waals surface area contributed by atoms with Crippen molar-refractivity contribution in [2.24, 2.45) is 0 Å². The first-order valence-corrected chi connectivity index (χ1v) is 9.38. The van der Waals surface area contributed by atoms with E-state index < -0.39 is 28.5 Å². The number of benzene rings is 1. The second-order valence-electron chi connectivity index (χ2n) is 7.80. The second-order valence-corrected chi connectivity index (χ2v) is 7.80. The highest BCUT2D eigenvalue weighted by atomic mass is 16.6. The summed E-state index contributed by atoms with van der Waals surface area (Å²) in [6.45, 7) is 5.74. The molecule has 0 spiro atoms. The third kappa shape index (κ3) is 6.33. The molecule has 1 aliphatic heterocycles. The van der Waals surface area contributed by atoms with Gasteiger partial charge in [-0.15, -0.1) is 0 Å². The molecule has 1 fully saturated rings. The number of nitrogens with one attached hydrogen (secondary N) is 2. The molecule has 0 radical (unpaired) electrons. The Morgan fingerprint density at radius 1 is 1.30 bits per heavy atom. The predicted octanol–water partition coefficient (Wildman–Crippen LogP) is 1.60. The first-order valence-electron chi connectivity index (χ1n) is 9.38. The SMILES string of the molecule is COC(=O)CNC(=O)c1ccc([N+](=O)[O-])c(N2CC[C@@H](NC(=O)OC(C)(C)C)C2)c1. The highest BCUT2D eigenvalue weighted by Crippen LogP contribution is 2.32. The van der Waals surface area contributed by atoms with Gasteiger partial charge in [0, 0.05) is 24.7 Å². The van der Waals surface area contributed by atoms with Crippen LogP contribution in [-0.2, 0) is 14.3 Å². The van der Waals surface area contributed by atoms with Gasteiger partial charge in [-0.1, -0.05) is 0 Å². The van der Waals surface area contributed by atoms with Crippen molar-refractivity contribution in [1.29, 1.82) is 0 Å². The number of ether oxygens (including phenoxy) is 2. The van der Waals surface area contributed by atoms with E-state index in [2.05, 4.69) is 15.4 Å². The number of hydrogen-bond acceptors (Lipinski definition) is 8. The molecule has 1 aromatic rings. The standard InChI is InChI=1S/C19H26N4O7/c1-19(2,3)30-18(26)21-13-7-8-22(11-13)15-9-12(5-6-14(15)23(27)28)17(25)20-10-16(24)29-4/h5-6,9,13H,7-8,10-11H2,1-4H3,(H,20,25)(H,21,26)/t13-/m1/s1. The largest absolute Gasteiger partial charge is 0.468 e. The zero-order valence-electron chi connectivity index (χ0n) is 17.4. The lowest BCUT2D eigenvalue weighted by Crippen LogP contribution is -2.40. The van der Waals surface area contributed by atoms with Crippen molar-refractivity contribution in [2.45, 2.75) is 38.8 Å². The third-order valence-corrected chi connectivity index (χ3v) is 4.31. The first kappa shape index (κ1) is 22.9. The molecule has 0 bridgehead atoms. The Hall–Kier alpha value is -3.37. The van der Waals surface area contributed by atoms with Gasteiger partial charge in [-0.2, -0.15) is 0 Å². The minimum atomic E-state index is -0.632. The van der Waals surface area contributed by atoms with Crippen molar-refractivity contribution in [3.63, 3.8) is 0 Å². The number of esters is 1. The molecule has 1 heterocycles. The van der Waals surface area contributed by atoms with Gasteiger partial charge in [0.05, 0.1) is 18.1 Å². The molecule has 164 valence electrons. The molecule has 2 N–H and O–H groups in total. The number of nitrogens with zero attached hydrogens (tertiary/aromatic N) is 2. The van der Waals surface area contributed by atoms with Crippen LogP contribution in [0.4, 0.5) is 16.2 Å². The first-order chi connectivity index (χ1) is 14.0. The summed E-state index contributed by atoms with van der Waals surface area (Å²) in [6, 6.07) is 3.72. The third-order valence-electron chi connectivity index (χ3n) is 4.31. The van der Waals surface area contributed by atoms with Crippen LogP contribution in [0, 0.1) is 10.1 Å². The lowest BCUT2D eigenvalue weighted by atomic mass is 10.1. The molecular formula is C19H26N4O7. The van der Waals surface area contributed by atoms with Gasteiger partial charge < -0.3 is 25.0 Å². The van der Waals surface area contributed by atoms with Gasteiger partial charge >= 0.3 is 12.1 Å². The molecule has 30 heavy (non-hydrogen) atoms. The quantitative estimate of drug-likeness (QED) is 0.400. The number of amides is 2. The second kappa shape index (κ2) is 9.42. The summed E-state index contributed by atoms with van der Waals surface area (Å²) in [6.07, 6.45) is 0.00889. The molecule has 1 aliphatic rings. The number of hydrogen-bond donors (Lipinski definition) is 2. The van der Waals surface area contributed by atoms with E-state index in [1.54, 1.807) is 25.7 Å². The molecular weight excluding hydrogens is 396 g/mol. The van der Waals surface area contributed by atoms with Gasteiger partial charge in [-0.3, -0.25) is 19.7 Å². The maximum atomic E-state index is 12.3. The summed E-state index contributed by atoms with van der Waals surface area (Å²) in [5.41, 5.74) is -0.354. The number of nitro benzene ring substituents is 1. The maximum Gasteiger partial charge on any atom is 0.407 e. The van der Waals surface area contributed by atoms with E-state index in [1.807, 2.05) is 0 Å². The summed E-state index contributed by atoms with van der Waals surface area (Å²) < 4.78 is 9.71. The Morgan fingerprint density at radius 3 is 2.60 bits per heavy atom. The molecule has 2 amide bonds. The molecule has 11 heteroatoms. The topological polar surface area (TPSA) is 140 Å². The molecule has 2 rings (SSSR count). The Morgan fingerprint density at radius 2 is 2.00 bits per heavy atom. The van der Waals surface area contributed by atoms with Gasteiger partial charge in [0.1, 0.15) is 17.8 Å². The van der Waals surface area contributed by atoms with Crippen LogP contribution in [0.5, 0.6) is 0 Å². The van der Waals surface area contributed by atoms with Crippen molar-refractivity contribution < 1.29 is 28.8 Å². The smallest absolute Gasteiger partial charge is 0.407 e. The van der Waals surface area contributed by atoms with Gasteiger partial charge in [-0.05, 0) is 39.3 Å². The van der Waals surface area contributed by atoms with Crippen LogP contribution in [0.1, 0.15) is 37.6 Å². The zero-order chi connectivity index (χ0) is 22.5. The maximum absolute atomic E-state index is 12.3. The monoisotopic (exact) mass is 422 g/mol. The van der Waals surface area contributed by atoms with Crippen LogP contribution in [0.3, 0.4) is 0 Å². The number of methoxy groups -OCH3 is 1. The minimum absolute atomic E-state index is 0.155. The van der Waals surface area contributed by atoms with Crippen LogP contribution in [0.2, 0.25) is 0 Å². The average molecular weight is 422 g/mol. The molecule has 0 aromatic heterocycles. The molecule has 1 atom stereocenters. The molecule has 1 saturated heterocycles. The Bertz CT molecular complexity index is 835. The van der Waals surface area contributed by atoms with Gasteiger partial charge in [0.15, 0.2) is 0 Å². The van der Waals surface area contributed by atoms with E-state index in [0.29, 0.717) is 19.5 Å². The zero-order valence-corrected chi connectivity index (χ0v) is 17.4. The van der Waals surface area contributed by atoms with E-state index in [9.17, 15) is 24.5 Å². The molecule has 0 unspecified atom stereocenters. The summed E-state index contributed by atoms with van der Waals surface area (Å²) in [4.78, 5) is 48.1. The molecule has 0 aliphatic carbocycles. The van der Waals surface area contributed by atoms with Crippen molar-refractivity contribution in [1.82, 2.24) is 10.6 Å². The highest BCUT2D eigenvalue weighted by molar-refractivity contribution is 5.97. The van der Waals surface area contributed by atoms with E-state index in [0.717, 1.165) is 0 Å². The Kier molecular flexibility index (Phi) is 7.19. The Labute approximate surface area is 173 Å². The predicted molar refractivity (Wildman–Crippen MR) is 107 cm³/mol. The summed E-state index contributed by atoms with van der Waals surface area (Å²) in [7, 11) is 1.20. The van der Waals surface area contributed by atoms with E-state index in [1.165, 1.54) is 25.3 Å². The van der Waals surface area contributed by atoms with Gasteiger partial charge in [0.25, 0.3) is 11.6 Å². The number of anilines is 1. The van der Waals surface area contributed by atoms with Gasteiger partial charge in [-0.25, -0.2) is 4.79 Å². The fourth-order valence-electron chi connectivity index (χ4n) is 2.97. The van der Waals surface area contributed by atoms with E-state index in [-0.39, 0.29) is 29.5 Å². The number of alkyl carbamates (subject to hydrolysis) is 1. The van der Waals surface area contributed by atoms with Gasteiger partial charge in [0.2, 0.25) is 0 Å². The number of carbonyl (C=O) groups excluding carboxylic acids is 3. The van der Waals surface area contributed by atoms with E-state index >= 15 is 0 Å². The van der Waals surface area contributed by atoms with Crippen molar-refractivity contribution in [3.8, 4) is 0 Å². The Balaban J connectivity index is 2.13. The molecule has 0 saturated carbocycles. The number of nitro groups is 1. The molecule has 1 aromatic carbocycles.